The normalized spacial score (nSPS) is 13.2. The third-order valence-corrected chi connectivity index (χ3v) is 9.95. The maximum Gasteiger partial charge on any atom is 0.0468 e. The van der Waals surface area contributed by atoms with E-state index in [1.807, 2.05) is 0 Å². The molecule has 218 valence electrons. The lowest BCUT2D eigenvalue weighted by Gasteiger charge is -2.28. The fraction of sp³-hybridized carbons (Fsp3) is 0.0667. The molecule has 0 aromatic heterocycles. The Hall–Kier alpha value is -5.66. The third kappa shape index (κ3) is 4.02. The molecule has 0 radical (unpaired) electrons. The van der Waals surface area contributed by atoms with E-state index in [4.69, 9.17) is 0 Å². The van der Waals surface area contributed by atoms with Crippen molar-refractivity contribution in [1.82, 2.24) is 0 Å². The van der Waals surface area contributed by atoms with Crippen LogP contribution < -0.4 is 4.90 Å². The van der Waals surface area contributed by atoms with Gasteiger partial charge in [0.25, 0.3) is 0 Å². The maximum absolute atomic E-state index is 2.43. The summed E-state index contributed by atoms with van der Waals surface area (Å²) in [6.45, 7) is 4.81. The van der Waals surface area contributed by atoms with Crippen molar-refractivity contribution in [2.45, 2.75) is 19.3 Å². The summed E-state index contributed by atoms with van der Waals surface area (Å²) < 4.78 is 0. The number of hydrogen-bond donors (Lipinski definition) is 0. The summed E-state index contributed by atoms with van der Waals surface area (Å²) in [7, 11) is 0. The van der Waals surface area contributed by atoms with Gasteiger partial charge >= 0.3 is 0 Å². The quantitative estimate of drug-likeness (QED) is 0.185. The minimum Gasteiger partial charge on any atom is -0.310 e. The number of nitrogens with zero attached hydrogens (tertiary/aromatic N) is 1. The van der Waals surface area contributed by atoms with E-state index in [0.29, 0.717) is 0 Å². The van der Waals surface area contributed by atoms with Crippen molar-refractivity contribution in [2.75, 3.05) is 4.90 Å². The predicted molar refractivity (Wildman–Crippen MR) is 197 cm³/mol. The van der Waals surface area contributed by atoms with E-state index in [-0.39, 0.29) is 5.41 Å². The molecule has 1 aliphatic carbocycles. The van der Waals surface area contributed by atoms with Crippen molar-refractivity contribution in [3.63, 3.8) is 0 Å². The average molecular weight is 588 g/mol. The highest BCUT2D eigenvalue weighted by Crippen LogP contribution is 2.55. The second-order valence-electron chi connectivity index (χ2n) is 13.0. The first-order valence-corrected chi connectivity index (χ1v) is 16.1. The zero-order chi connectivity index (χ0) is 30.8. The molecule has 0 atom stereocenters. The summed E-state index contributed by atoms with van der Waals surface area (Å²) in [5, 5.41) is 7.82. The van der Waals surface area contributed by atoms with E-state index < -0.39 is 0 Å². The molecule has 9 rings (SSSR count). The average Bonchev–Trinajstić information content (AvgIpc) is 3.34. The predicted octanol–water partition coefficient (Wildman–Crippen LogP) is 12.6. The highest BCUT2D eigenvalue weighted by Gasteiger charge is 2.38. The van der Waals surface area contributed by atoms with Gasteiger partial charge in [-0.05, 0) is 114 Å². The Morgan fingerprint density at radius 3 is 1.80 bits per heavy atom. The van der Waals surface area contributed by atoms with Gasteiger partial charge in [0, 0.05) is 22.5 Å². The molecule has 0 N–H and O–H groups in total. The van der Waals surface area contributed by atoms with E-state index in [0.717, 1.165) is 17.1 Å². The molecular weight excluding hydrogens is 555 g/mol. The summed E-state index contributed by atoms with van der Waals surface area (Å²) in [4.78, 5) is 2.39. The first-order chi connectivity index (χ1) is 22.6. The number of hydrogen-bond acceptors (Lipinski definition) is 1. The van der Waals surface area contributed by atoms with Crippen LogP contribution in [0.2, 0.25) is 0 Å². The standard InChI is InChI=1S/C45H33N/c1-45(2)42-28-33-17-10-9-16-32(33)27-41(42)43-38-23-12-11-22-37(38)40-29-36(24-25-39(40)44(43)45)46(34-19-7-4-8-20-34)35-21-13-18-31(26-35)30-14-5-3-6-15-30/h3-29H,1-2H3. The third-order valence-electron chi connectivity index (χ3n) is 9.95. The molecule has 1 heteroatoms. The second-order valence-corrected chi connectivity index (χ2v) is 13.0. The summed E-state index contributed by atoms with van der Waals surface area (Å²) >= 11 is 0. The van der Waals surface area contributed by atoms with Crippen LogP contribution in [0.3, 0.4) is 0 Å². The Morgan fingerprint density at radius 2 is 1.02 bits per heavy atom. The van der Waals surface area contributed by atoms with Crippen LogP contribution in [0.25, 0.3) is 54.6 Å². The van der Waals surface area contributed by atoms with E-state index in [1.54, 1.807) is 0 Å². The molecule has 0 saturated carbocycles. The molecule has 0 spiro atoms. The minimum absolute atomic E-state index is 0.137. The Labute approximate surface area is 270 Å². The number of benzene rings is 8. The van der Waals surface area contributed by atoms with E-state index >= 15 is 0 Å². The van der Waals surface area contributed by atoms with Gasteiger partial charge in [-0.3, -0.25) is 0 Å². The van der Waals surface area contributed by atoms with Gasteiger partial charge in [-0.15, -0.1) is 0 Å². The number of fused-ring (bicyclic) bond motifs is 9. The summed E-state index contributed by atoms with van der Waals surface area (Å²) in [6.07, 6.45) is 0. The van der Waals surface area contributed by atoms with Gasteiger partial charge in [0.2, 0.25) is 0 Å². The van der Waals surface area contributed by atoms with Crippen LogP contribution in [0.15, 0.2) is 164 Å². The zero-order valence-corrected chi connectivity index (χ0v) is 26.0. The Balaban J connectivity index is 1.30. The van der Waals surface area contributed by atoms with Gasteiger partial charge in [-0.25, -0.2) is 0 Å². The highest BCUT2D eigenvalue weighted by molar-refractivity contribution is 6.19. The number of anilines is 3. The van der Waals surface area contributed by atoms with Crippen LogP contribution in [0, 0.1) is 0 Å². The highest BCUT2D eigenvalue weighted by atomic mass is 15.1. The van der Waals surface area contributed by atoms with Crippen LogP contribution >= 0.6 is 0 Å². The molecule has 0 saturated heterocycles. The van der Waals surface area contributed by atoms with Crippen LogP contribution in [0.5, 0.6) is 0 Å². The molecule has 1 nitrogen and oxygen atoms in total. The van der Waals surface area contributed by atoms with Crippen LogP contribution in [-0.2, 0) is 5.41 Å². The van der Waals surface area contributed by atoms with E-state index in [1.165, 1.54) is 65.7 Å². The van der Waals surface area contributed by atoms with Gasteiger partial charge in [0.05, 0.1) is 0 Å². The van der Waals surface area contributed by atoms with Crippen molar-refractivity contribution in [3.8, 4) is 22.3 Å². The molecular formula is C45H33N. The maximum atomic E-state index is 2.43. The lowest BCUT2D eigenvalue weighted by atomic mass is 9.79. The Morgan fingerprint density at radius 1 is 0.413 bits per heavy atom. The van der Waals surface area contributed by atoms with Crippen molar-refractivity contribution >= 4 is 49.4 Å². The van der Waals surface area contributed by atoms with Crippen molar-refractivity contribution in [1.29, 1.82) is 0 Å². The number of para-hydroxylation sites is 1. The van der Waals surface area contributed by atoms with Crippen LogP contribution in [-0.4, -0.2) is 0 Å². The summed E-state index contributed by atoms with van der Waals surface area (Å²) in [5.41, 5.74) is 11.3. The van der Waals surface area contributed by atoms with Gasteiger partial charge in [-0.2, -0.15) is 0 Å². The molecule has 0 amide bonds. The van der Waals surface area contributed by atoms with Gasteiger partial charge in [0.15, 0.2) is 0 Å². The zero-order valence-electron chi connectivity index (χ0n) is 26.0. The molecule has 1 aliphatic rings. The summed E-state index contributed by atoms with van der Waals surface area (Å²) in [6, 6.07) is 59.9. The molecule has 0 aliphatic heterocycles. The fourth-order valence-corrected chi connectivity index (χ4v) is 7.82. The monoisotopic (exact) mass is 587 g/mol. The van der Waals surface area contributed by atoms with E-state index in [2.05, 4.69) is 183 Å². The second kappa shape index (κ2) is 10.2. The van der Waals surface area contributed by atoms with Gasteiger partial charge in [-0.1, -0.05) is 129 Å². The fourth-order valence-electron chi connectivity index (χ4n) is 7.82. The van der Waals surface area contributed by atoms with Crippen LogP contribution in [0.1, 0.15) is 25.0 Å². The van der Waals surface area contributed by atoms with Crippen molar-refractivity contribution < 1.29 is 0 Å². The SMILES string of the molecule is CC1(C)c2cc3ccccc3cc2-c2c1c1ccc(N(c3ccccc3)c3cccc(-c4ccccc4)c3)cc1c1ccccc21. The van der Waals surface area contributed by atoms with Crippen molar-refractivity contribution in [3.05, 3.63) is 175 Å². The number of rotatable bonds is 4. The Kier molecular flexibility index (Phi) is 5.92. The molecule has 0 unspecified atom stereocenters. The van der Waals surface area contributed by atoms with Gasteiger partial charge < -0.3 is 4.90 Å². The molecule has 8 aromatic carbocycles. The molecule has 0 heterocycles. The molecule has 46 heavy (non-hydrogen) atoms. The lowest BCUT2D eigenvalue weighted by molar-refractivity contribution is 0.667. The van der Waals surface area contributed by atoms with Crippen LogP contribution in [0.4, 0.5) is 17.1 Å². The van der Waals surface area contributed by atoms with Crippen molar-refractivity contribution in [2.24, 2.45) is 0 Å². The molecule has 8 aromatic rings. The Bertz CT molecular complexity index is 2440. The minimum atomic E-state index is -0.137. The lowest BCUT2D eigenvalue weighted by Crippen LogP contribution is -2.16. The first-order valence-electron chi connectivity index (χ1n) is 16.1. The summed E-state index contributed by atoms with van der Waals surface area (Å²) in [5.74, 6) is 0. The molecule has 0 bridgehead atoms. The van der Waals surface area contributed by atoms with E-state index in [9.17, 15) is 0 Å². The van der Waals surface area contributed by atoms with Gasteiger partial charge in [0.1, 0.15) is 0 Å². The largest absolute Gasteiger partial charge is 0.310 e. The topological polar surface area (TPSA) is 3.24 Å². The first kappa shape index (κ1) is 26.7. The smallest absolute Gasteiger partial charge is 0.0468 e. The molecule has 0 fully saturated rings.